The summed E-state index contributed by atoms with van der Waals surface area (Å²) in [6, 6.07) is 5.14. The maximum Gasteiger partial charge on any atom is 0.128 e. The van der Waals surface area contributed by atoms with E-state index in [1.807, 2.05) is 13.0 Å². The van der Waals surface area contributed by atoms with Gasteiger partial charge in [-0.15, -0.1) is 0 Å². The van der Waals surface area contributed by atoms with Gasteiger partial charge in [-0.3, -0.25) is 0 Å². The summed E-state index contributed by atoms with van der Waals surface area (Å²) in [5, 5.41) is 3.47. The van der Waals surface area contributed by atoms with Gasteiger partial charge in [0.05, 0.1) is 0 Å². The van der Waals surface area contributed by atoms with Crippen molar-refractivity contribution in [3.05, 3.63) is 34.1 Å². The van der Waals surface area contributed by atoms with Gasteiger partial charge < -0.3 is 5.32 Å². The highest BCUT2D eigenvalue weighted by atomic mass is 79.9. The number of halogens is 2. The molecule has 1 aromatic rings. The number of hydrogen-bond acceptors (Lipinski definition) is 1. The van der Waals surface area contributed by atoms with Crippen LogP contribution in [0.25, 0.3) is 0 Å². The number of nitrogens with one attached hydrogen (secondary N) is 1. The summed E-state index contributed by atoms with van der Waals surface area (Å²) >= 11 is 3.40. The van der Waals surface area contributed by atoms with E-state index in [9.17, 15) is 4.39 Å². The molecule has 0 spiro atoms. The van der Waals surface area contributed by atoms with Crippen molar-refractivity contribution in [3.63, 3.8) is 0 Å². The molecule has 0 bridgehead atoms. The van der Waals surface area contributed by atoms with Crippen LogP contribution in [0.15, 0.2) is 22.7 Å². The van der Waals surface area contributed by atoms with Crippen LogP contribution in [0.5, 0.6) is 0 Å². The van der Waals surface area contributed by atoms with Gasteiger partial charge in [-0.2, -0.15) is 0 Å². The Morgan fingerprint density at radius 1 is 1.30 bits per heavy atom. The van der Waals surface area contributed by atoms with Crippen molar-refractivity contribution in [1.82, 2.24) is 5.32 Å². The highest BCUT2D eigenvalue weighted by Gasteiger charge is 2.19. The van der Waals surface area contributed by atoms with Gasteiger partial charge >= 0.3 is 0 Å². The predicted molar refractivity (Wildman–Crippen MR) is 88.4 cm³/mol. The van der Waals surface area contributed by atoms with Gasteiger partial charge in [-0.05, 0) is 37.0 Å². The third kappa shape index (κ3) is 5.92. The Morgan fingerprint density at radius 2 is 2.00 bits per heavy atom. The van der Waals surface area contributed by atoms with Crippen LogP contribution in [0.4, 0.5) is 4.39 Å². The quantitative estimate of drug-likeness (QED) is 0.584. The van der Waals surface area contributed by atoms with Crippen molar-refractivity contribution >= 4 is 15.9 Å². The third-order valence-electron chi connectivity index (χ3n) is 3.77. The molecule has 0 radical (unpaired) electrons. The van der Waals surface area contributed by atoms with E-state index in [1.165, 1.54) is 31.7 Å². The van der Waals surface area contributed by atoms with E-state index in [-0.39, 0.29) is 17.3 Å². The Bertz CT molecular complexity index is 417. The van der Waals surface area contributed by atoms with E-state index >= 15 is 0 Å². The average Bonchev–Trinajstić information content (AvgIpc) is 2.39. The monoisotopic (exact) mass is 343 g/mol. The Morgan fingerprint density at radius 3 is 2.65 bits per heavy atom. The fraction of sp³-hybridized carbons (Fsp3) is 0.647. The van der Waals surface area contributed by atoms with Crippen molar-refractivity contribution < 1.29 is 4.39 Å². The smallest absolute Gasteiger partial charge is 0.128 e. The molecule has 0 amide bonds. The summed E-state index contributed by atoms with van der Waals surface area (Å²) in [7, 11) is 0. The molecule has 1 atom stereocenters. The van der Waals surface area contributed by atoms with Crippen LogP contribution in [-0.2, 0) is 0 Å². The van der Waals surface area contributed by atoms with Crippen LogP contribution in [0.3, 0.4) is 0 Å². The first kappa shape index (κ1) is 17.6. The van der Waals surface area contributed by atoms with Crippen molar-refractivity contribution in [3.8, 4) is 0 Å². The van der Waals surface area contributed by atoms with Gasteiger partial charge in [0, 0.05) is 22.6 Å². The maximum atomic E-state index is 13.8. The molecule has 0 heterocycles. The second-order valence-electron chi connectivity index (χ2n) is 6.39. The van der Waals surface area contributed by atoms with Crippen molar-refractivity contribution in [1.29, 1.82) is 0 Å². The molecule has 1 unspecified atom stereocenters. The number of unbranched alkanes of at least 4 members (excludes halogenated alkanes) is 2. The molecule has 1 aromatic carbocycles. The van der Waals surface area contributed by atoms with Gasteiger partial charge in [0.2, 0.25) is 0 Å². The molecule has 0 aliphatic heterocycles. The molecule has 1 nitrogen and oxygen atoms in total. The first-order valence-corrected chi connectivity index (χ1v) is 8.33. The Labute approximate surface area is 131 Å². The molecular formula is C17H27BrFN. The van der Waals surface area contributed by atoms with Crippen molar-refractivity contribution in [2.24, 2.45) is 5.41 Å². The molecule has 1 N–H and O–H groups in total. The zero-order valence-electron chi connectivity index (χ0n) is 13.1. The van der Waals surface area contributed by atoms with Crippen LogP contribution in [0.1, 0.15) is 65.0 Å². The molecule has 0 saturated carbocycles. The third-order valence-corrected chi connectivity index (χ3v) is 4.26. The largest absolute Gasteiger partial charge is 0.310 e. The lowest BCUT2D eigenvalue weighted by Crippen LogP contribution is -2.31. The Balaban J connectivity index is 2.53. The molecular weight excluding hydrogens is 317 g/mol. The van der Waals surface area contributed by atoms with Gasteiger partial charge in [-0.25, -0.2) is 4.39 Å². The first-order chi connectivity index (χ1) is 9.35. The molecule has 0 fully saturated rings. The topological polar surface area (TPSA) is 12.0 Å². The second kappa shape index (κ2) is 8.14. The SMILES string of the molecule is CCCCCC(C)(C)CNC(C)c1cc(Br)ccc1F. The van der Waals surface area contributed by atoms with Crippen LogP contribution in [0, 0.1) is 11.2 Å². The second-order valence-corrected chi connectivity index (χ2v) is 7.31. The lowest BCUT2D eigenvalue weighted by molar-refractivity contribution is 0.289. The highest BCUT2D eigenvalue weighted by Crippen LogP contribution is 2.26. The van der Waals surface area contributed by atoms with E-state index in [2.05, 4.69) is 42.0 Å². The molecule has 0 aromatic heterocycles. The predicted octanol–water partition coefficient (Wildman–Crippen LogP) is 5.85. The van der Waals surface area contributed by atoms with Crippen LogP contribution < -0.4 is 5.32 Å². The normalized spacial score (nSPS) is 13.5. The lowest BCUT2D eigenvalue weighted by Gasteiger charge is -2.27. The van der Waals surface area contributed by atoms with Gasteiger partial charge in [-0.1, -0.05) is 56.0 Å². The minimum atomic E-state index is -0.142. The summed E-state index contributed by atoms with van der Waals surface area (Å²) in [5.41, 5.74) is 0.982. The van der Waals surface area contributed by atoms with E-state index < -0.39 is 0 Å². The van der Waals surface area contributed by atoms with Crippen LogP contribution in [0.2, 0.25) is 0 Å². The molecule has 0 saturated heterocycles. The van der Waals surface area contributed by atoms with Gasteiger partial charge in [0.15, 0.2) is 0 Å². The van der Waals surface area contributed by atoms with Crippen LogP contribution >= 0.6 is 15.9 Å². The van der Waals surface area contributed by atoms with Crippen molar-refractivity contribution in [2.45, 2.75) is 59.4 Å². The molecule has 114 valence electrons. The summed E-state index contributed by atoms with van der Waals surface area (Å²) < 4.78 is 14.7. The van der Waals surface area contributed by atoms with E-state index in [4.69, 9.17) is 0 Å². The standard InChI is InChI=1S/C17H27BrFN/c1-5-6-7-10-17(3,4)12-20-13(2)15-11-14(18)8-9-16(15)19/h8-9,11,13,20H,5-7,10,12H2,1-4H3. The summed E-state index contributed by atoms with van der Waals surface area (Å²) in [4.78, 5) is 0. The number of hydrogen-bond donors (Lipinski definition) is 1. The van der Waals surface area contributed by atoms with Crippen LogP contribution in [-0.4, -0.2) is 6.54 Å². The van der Waals surface area contributed by atoms with E-state index in [0.29, 0.717) is 0 Å². The molecule has 0 aliphatic carbocycles. The number of benzene rings is 1. The van der Waals surface area contributed by atoms with E-state index in [0.717, 1.165) is 16.6 Å². The number of rotatable bonds is 8. The molecule has 0 aliphatic rings. The maximum absolute atomic E-state index is 13.8. The van der Waals surface area contributed by atoms with Gasteiger partial charge in [0.1, 0.15) is 5.82 Å². The first-order valence-electron chi connectivity index (χ1n) is 7.54. The summed E-state index contributed by atoms with van der Waals surface area (Å²) in [6.07, 6.45) is 5.02. The summed E-state index contributed by atoms with van der Waals surface area (Å²) in [6.45, 7) is 9.71. The van der Waals surface area contributed by atoms with E-state index in [1.54, 1.807) is 6.07 Å². The fourth-order valence-corrected chi connectivity index (χ4v) is 2.71. The Kier molecular flexibility index (Phi) is 7.18. The minimum absolute atomic E-state index is 0.0259. The minimum Gasteiger partial charge on any atom is -0.310 e. The summed E-state index contributed by atoms with van der Waals surface area (Å²) in [5.74, 6) is -0.142. The molecule has 3 heteroatoms. The fourth-order valence-electron chi connectivity index (χ4n) is 2.33. The average molecular weight is 344 g/mol. The van der Waals surface area contributed by atoms with Crippen molar-refractivity contribution in [2.75, 3.05) is 6.54 Å². The molecule has 20 heavy (non-hydrogen) atoms. The van der Waals surface area contributed by atoms with Gasteiger partial charge in [0.25, 0.3) is 0 Å². The zero-order chi connectivity index (χ0) is 15.2. The Hall–Kier alpha value is -0.410. The zero-order valence-corrected chi connectivity index (χ0v) is 14.7. The molecule has 1 rings (SSSR count). The lowest BCUT2D eigenvalue weighted by atomic mass is 9.86. The highest BCUT2D eigenvalue weighted by molar-refractivity contribution is 9.10.